The Kier molecular flexibility index (Phi) is 5.11. The lowest BCUT2D eigenvalue weighted by Gasteiger charge is -2.46. The smallest absolute Gasteiger partial charge is 0.0657 e. The molecular formula is C19H31NO. The molecule has 0 heterocycles. The summed E-state index contributed by atoms with van der Waals surface area (Å²) in [6.45, 7) is 10.3. The summed E-state index contributed by atoms with van der Waals surface area (Å²) in [5.74, 6) is 0. The highest BCUT2D eigenvalue weighted by Crippen LogP contribution is 2.46. The molecule has 1 fully saturated rings. The summed E-state index contributed by atoms with van der Waals surface area (Å²) in [5, 5.41) is 3.86. The maximum atomic E-state index is 5.44. The SMILES string of the molecule is COCC(NC1CC(C)(C)CC(C)(C)C1)c1ccccc1. The molecular weight excluding hydrogens is 258 g/mol. The lowest BCUT2D eigenvalue weighted by atomic mass is 9.63. The zero-order valence-corrected chi connectivity index (χ0v) is 14.3. The summed E-state index contributed by atoms with van der Waals surface area (Å²) in [6, 6.07) is 11.5. The monoisotopic (exact) mass is 289 g/mol. The van der Waals surface area contributed by atoms with Crippen molar-refractivity contribution >= 4 is 0 Å². The molecule has 1 unspecified atom stereocenters. The average molecular weight is 289 g/mol. The third-order valence-electron chi connectivity index (χ3n) is 4.53. The molecule has 1 atom stereocenters. The summed E-state index contributed by atoms with van der Waals surface area (Å²) in [6.07, 6.45) is 3.78. The van der Waals surface area contributed by atoms with E-state index in [1.54, 1.807) is 7.11 Å². The van der Waals surface area contributed by atoms with Crippen LogP contribution >= 0.6 is 0 Å². The van der Waals surface area contributed by atoms with Crippen molar-refractivity contribution in [2.75, 3.05) is 13.7 Å². The fourth-order valence-electron chi connectivity index (χ4n) is 4.34. The molecule has 1 aliphatic rings. The number of nitrogens with one attached hydrogen (secondary N) is 1. The molecule has 1 aliphatic carbocycles. The van der Waals surface area contributed by atoms with Gasteiger partial charge in [0.1, 0.15) is 0 Å². The van der Waals surface area contributed by atoms with Crippen molar-refractivity contribution in [2.45, 2.75) is 59.0 Å². The highest BCUT2D eigenvalue weighted by Gasteiger charge is 2.38. The lowest BCUT2D eigenvalue weighted by Crippen LogP contribution is -2.45. The Labute approximate surface area is 130 Å². The van der Waals surface area contributed by atoms with Crippen LogP contribution in [0.5, 0.6) is 0 Å². The van der Waals surface area contributed by atoms with Crippen LogP contribution in [-0.4, -0.2) is 19.8 Å². The average Bonchev–Trinajstić information content (AvgIpc) is 2.35. The van der Waals surface area contributed by atoms with Crippen molar-refractivity contribution in [1.82, 2.24) is 5.32 Å². The molecule has 1 saturated carbocycles. The topological polar surface area (TPSA) is 21.3 Å². The molecule has 118 valence electrons. The minimum Gasteiger partial charge on any atom is -0.383 e. The van der Waals surface area contributed by atoms with E-state index in [0.717, 1.165) is 6.61 Å². The first kappa shape index (κ1) is 16.5. The van der Waals surface area contributed by atoms with E-state index in [4.69, 9.17) is 4.74 Å². The van der Waals surface area contributed by atoms with Gasteiger partial charge in [0.2, 0.25) is 0 Å². The molecule has 2 rings (SSSR count). The zero-order valence-electron chi connectivity index (χ0n) is 14.3. The molecule has 1 aromatic carbocycles. The van der Waals surface area contributed by atoms with E-state index in [2.05, 4.69) is 63.3 Å². The van der Waals surface area contributed by atoms with E-state index >= 15 is 0 Å². The highest BCUT2D eigenvalue weighted by molar-refractivity contribution is 5.19. The third kappa shape index (κ3) is 4.82. The lowest BCUT2D eigenvalue weighted by molar-refractivity contribution is 0.0706. The van der Waals surface area contributed by atoms with E-state index < -0.39 is 0 Å². The molecule has 0 spiro atoms. The second-order valence-electron chi connectivity index (χ2n) is 8.20. The Bertz CT molecular complexity index is 422. The van der Waals surface area contributed by atoms with Gasteiger partial charge in [0.05, 0.1) is 12.6 Å². The van der Waals surface area contributed by atoms with Crippen molar-refractivity contribution in [3.8, 4) is 0 Å². The summed E-state index contributed by atoms with van der Waals surface area (Å²) in [7, 11) is 1.78. The van der Waals surface area contributed by atoms with Gasteiger partial charge in [0, 0.05) is 13.2 Å². The largest absolute Gasteiger partial charge is 0.383 e. The summed E-state index contributed by atoms with van der Waals surface area (Å²) >= 11 is 0. The van der Waals surface area contributed by atoms with Crippen molar-refractivity contribution in [3.63, 3.8) is 0 Å². The van der Waals surface area contributed by atoms with Gasteiger partial charge >= 0.3 is 0 Å². The van der Waals surface area contributed by atoms with E-state index in [-0.39, 0.29) is 6.04 Å². The van der Waals surface area contributed by atoms with E-state index in [1.807, 2.05) is 0 Å². The van der Waals surface area contributed by atoms with Crippen LogP contribution < -0.4 is 5.32 Å². The molecule has 2 nitrogen and oxygen atoms in total. The minimum absolute atomic E-state index is 0.283. The standard InChI is InChI=1S/C19H31NO/c1-18(2)11-16(12-19(3,4)14-18)20-17(13-21-5)15-9-7-6-8-10-15/h6-10,16-17,20H,11-14H2,1-5H3. The molecule has 0 aliphatic heterocycles. The molecule has 1 N–H and O–H groups in total. The van der Waals surface area contributed by atoms with E-state index in [0.29, 0.717) is 16.9 Å². The van der Waals surface area contributed by atoms with Gasteiger partial charge in [-0.3, -0.25) is 0 Å². The zero-order chi connectivity index (χ0) is 15.5. The van der Waals surface area contributed by atoms with Crippen LogP contribution in [0.3, 0.4) is 0 Å². The Hall–Kier alpha value is -0.860. The number of rotatable bonds is 5. The second kappa shape index (κ2) is 6.50. The number of ether oxygens (including phenoxy) is 1. The first-order valence-corrected chi connectivity index (χ1v) is 8.11. The van der Waals surface area contributed by atoms with Gasteiger partial charge in [-0.15, -0.1) is 0 Å². The number of methoxy groups -OCH3 is 1. The fourth-order valence-corrected chi connectivity index (χ4v) is 4.34. The van der Waals surface area contributed by atoms with Crippen LogP contribution in [0.1, 0.15) is 58.6 Å². The quantitative estimate of drug-likeness (QED) is 0.857. The van der Waals surface area contributed by atoms with Gasteiger partial charge in [-0.25, -0.2) is 0 Å². The van der Waals surface area contributed by atoms with Crippen LogP contribution in [0.4, 0.5) is 0 Å². The summed E-state index contributed by atoms with van der Waals surface area (Å²) < 4.78 is 5.44. The Balaban J connectivity index is 2.10. The molecule has 0 bridgehead atoms. The van der Waals surface area contributed by atoms with Crippen molar-refractivity contribution in [1.29, 1.82) is 0 Å². The first-order valence-electron chi connectivity index (χ1n) is 8.11. The van der Waals surface area contributed by atoms with Gasteiger partial charge < -0.3 is 10.1 Å². The van der Waals surface area contributed by atoms with Crippen molar-refractivity contribution in [3.05, 3.63) is 35.9 Å². The number of benzene rings is 1. The van der Waals surface area contributed by atoms with Gasteiger partial charge in [-0.1, -0.05) is 58.0 Å². The van der Waals surface area contributed by atoms with Gasteiger partial charge in [-0.05, 0) is 35.7 Å². The second-order valence-corrected chi connectivity index (χ2v) is 8.20. The number of hydrogen-bond donors (Lipinski definition) is 1. The van der Waals surface area contributed by atoms with Crippen LogP contribution in [0, 0.1) is 10.8 Å². The molecule has 1 aromatic rings. The van der Waals surface area contributed by atoms with Gasteiger partial charge in [0.25, 0.3) is 0 Å². The predicted octanol–water partition coefficient (Wildman–Crippen LogP) is 4.57. The predicted molar refractivity (Wildman–Crippen MR) is 89.4 cm³/mol. The Morgan fingerprint density at radius 3 is 2.19 bits per heavy atom. The van der Waals surface area contributed by atoms with E-state index in [9.17, 15) is 0 Å². The maximum Gasteiger partial charge on any atom is 0.0657 e. The fraction of sp³-hybridized carbons (Fsp3) is 0.684. The Morgan fingerprint density at radius 2 is 1.67 bits per heavy atom. The van der Waals surface area contributed by atoms with Crippen LogP contribution in [-0.2, 0) is 4.74 Å². The first-order chi connectivity index (χ1) is 9.81. The normalized spacial score (nSPS) is 22.9. The molecule has 21 heavy (non-hydrogen) atoms. The Morgan fingerprint density at radius 1 is 1.10 bits per heavy atom. The summed E-state index contributed by atoms with van der Waals surface area (Å²) in [4.78, 5) is 0. The molecule has 0 aromatic heterocycles. The summed E-state index contributed by atoms with van der Waals surface area (Å²) in [5.41, 5.74) is 2.14. The van der Waals surface area contributed by atoms with Gasteiger partial charge in [0.15, 0.2) is 0 Å². The minimum atomic E-state index is 0.283. The van der Waals surface area contributed by atoms with Crippen LogP contribution in [0.25, 0.3) is 0 Å². The van der Waals surface area contributed by atoms with Crippen molar-refractivity contribution in [2.24, 2.45) is 10.8 Å². The molecule has 0 saturated heterocycles. The van der Waals surface area contributed by atoms with Gasteiger partial charge in [-0.2, -0.15) is 0 Å². The van der Waals surface area contributed by atoms with Crippen LogP contribution in [0.2, 0.25) is 0 Å². The maximum absolute atomic E-state index is 5.44. The van der Waals surface area contributed by atoms with Crippen LogP contribution in [0.15, 0.2) is 30.3 Å². The number of hydrogen-bond acceptors (Lipinski definition) is 2. The molecule has 0 amide bonds. The molecule has 0 radical (unpaired) electrons. The highest BCUT2D eigenvalue weighted by atomic mass is 16.5. The molecule has 2 heteroatoms. The van der Waals surface area contributed by atoms with E-state index in [1.165, 1.54) is 24.8 Å². The third-order valence-corrected chi connectivity index (χ3v) is 4.53. The van der Waals surface area contributed by atoms with Crippen molar-refractivity contribution < 1.29 is 4.74 Å².